The van der Waals surface area contributed by atoms with Gasteiger partial charge in [0.25, 0.3) is 0 Å². The average molecular weight is 399 g/mol. The third-order valence-electron chi connectivity index (χ3n) is 5.78. The van der Waals surface area contributed by atoms with Gasteiger partial charge in [0, 0.05) is 37.7 Å². The van der Waals surface area contributed by atoms with Crippen LogP contribution in [0.5, 0.6) is 0 Å². The maximum Gasteiger partial charge on any atom is 0.228 e. The van der Waals surface area contributed by atoms with Crippen molar-refractivity contribution in [2.45, 2.75) is 76.9 Å². The van der Waals surface area contributed by atoms with E-state index in [1.54, 1.807) is 6.07 Å². The third-order valence-corrected chi connectivity index (χ3v) is 6.17. The van der Waals surface area contributed by atoms with Crippen molar-refractivity contribution < 1.29 is 4.79 Å². The maximum atomic E-state index is 12.9. The number of piperidine rings is 1. The number of carbonyl (C=O) groups excluding carboxylic acids is 1. The average Bonchev–Trinajstić information content (AvgIpc) is 3.42. The second-order valence-electron chi connectivity index (χ2n) is 7.62. The molecule has 1 aliphatic carbocycles. The number of rotatable bonds is 6. The van der Waals surface area contributed by atoms with Gasteiger partial charge >= 0.3 is 0 Å². The third kappa shape index (κ3) is 4.42. The molecule has 1 aromatic rings. The Hall–Kier alpha value is -1.07. The van der Waals surface area contributed by atoms with E-state index in [2.05, 4.69) is 33.6 Å². The molecule has 5 nitrogen and oxygen atoms in total. The molecule has 7 heteroatoms. The van der Waals surface area contributed by atoms with Crippen LogP contribution in [-0.4, -0.2) is 45.9 Å². The van der Waals surface area contributed by atoms with Crippen molar-refractivity contribution in [1.29, 1.82) is 0 Å². The van der Waals surface area contributed by atoms with E-state index in [-0.39, 0.29) is 18.1 Å². The van der Waals surface area contributed by atoms with Gasteiger partial charge in [0.05, 0.1) is 0 Å². The van der Waals surface area contributed by atoms with E-state index in [4.69, 9.17) is 23.2 Å². The molecular weight excluding hydrogens is 371 g/mol. The molecule has 1 amide bonds. The molecule has 0 radical (unpaired) electrons. The van der Waals surface area contributed by atoms with Crippen LogP contribution in [0.25, 0.3) is 0 Å². The Labute approximate surface area is 166 Å². The van der Waals surface area contributed by atoms with Crippen molar-refractivity contribution in [2.24, 2.45) is 5.92 Å². The fourth-order valence-corrected chi connectivity index (χ4v) is 4.49. The van der Waals surface area contributed by atoms with Crippen LogP contribution < -0.4 is 4.90 Å². The molecule has 3 rings (SSSR count). The van der Waals surface area contributed by atoms with Gasteiger partial charge in [-0.1, -0.05) is 37.0 Å². The highest BCUT2D eigenvalue weighted by Gasteiger charge is 2.40. The zero-order valence-corrected chi connectivity index (χ0v) is 17.3. The van der Waals surface area contributed by atoms with Gasteiger partial charge in [0.1, 0.15) is 10.3 Å². The summed E-state index contributed by atoms with van der Waals surface area (Å²) in [6.07, 6.45) is 6.93. The zero-order chi connectivity index (χ0) is 18.8. The van der Waals surface area contributed by atoms with E-state index in [1.165, 1.54) is 12.8 Å². The van der Waals surface area contributed by atoms with E-state index in [0.29, 0.717) is 28.1 Å². The molecule has 144 valence electrons. The minimum absolute atomic E-state index is 0.266. The summed E-state index contributed by atoms with van der Waals surface area (Å²) < 4.78 is 0. The van der Waals surface area contributed by atoms with Crippen LogP contribution in [0.4, 0.5) is 5.95 Å². The van der Waals surface area contributed by atoms with E-state index >= 15 is 0 Å². The van der Waals surface area contributed by atoms with Gasteiger partial charge in [0.15, 0.2) is 0 Å². The first-order chi connectivity index (χ1) is 12.4. The fraction of sp³-hybridized carbons (Fsp3) is 0.737. The predicted molar refractivity (Wildman–Crippen MR) is 106 cm³/mol. The lowest BCUT2D eigenvalue weighted by atomic mass is 9.87. The first kappa shape index (κ1) is 19.7. The predicted octanol–water partition coefficient (Wildman–Crippen LogP) is 4.57. The van der Waals surface area contributed by atoms with Gasteiger partial charge in [-0.2, -0.15) is 0 Å². The van der Waals surface area contributed by atoms with Gasteiger partial charge in [-0.15, -0.1) is 0 Å². The van der Waals surface area contributed by atoms with Crippen molar-refractivity contribution in [3.8, 4) is 0 Å². The molecule has 1 aliphatic heterocycles. The Morgan fingerprint density at radius 2 is 1.69 bits per heavy atom. The second-order valence-corrected chi connectivity index (χ2v) is 8.40. The summed E-state index contributed by atoms with van der Waals surface area (Å²) in [6, 6.07) is 2.34. The highest BCUT2D eigenvalue weighted by atomic mass is 35.5. The van der Waals surface area contributed by atoms with Crippen LogP contribution in [0.3, 0.4) is 0 Å². The minimum atomic E-state index is 0.266. The molecule has 0 bridgehead atoms. The summed E-state index contributed by atoms with van der Waals surface area (Å²) in [5, 5.41) is 0.700. The molecule has 3 atom stereocenters. The van der Waals surface area contributed by atoms with E-state index in [0.717, 1.165) is 32.1 Å². The quantitative estimate of drug-likeness (QED) is 0.658. The highest BCUT2D eigenvalue weighted by Crippen LogP contribution is 2.36. The lowest BCUT2D eigenvalue weighted by Gasteiger charge is -2.47. The monoisotopic (exact) mass is 398 g/mol. The Balaban J connectivity index is 1.77. The van der Waals surface area contributed by atoms with Crippen LogP contribution in [0.15, 0.2) is 6.07 Å². The molecule has 0 unspecified atom stereocenters. The molecule has 2 aliphatic rings. The fourth-order valence-electron chi connectivity index (χ4n) is 4.07. The van der Waals surface area contributed by atoms with Gasteiger partial charge < -0.3 is 9.80 Å². The number of nitrogens with zero attached hydrogens (tertiary/aromatic N) is 4. The van der Waals surface area contributed by atoms with E-state index in [1.807, 2.05) is 7.05 Å². The Morgan fingerprint density at radius 3 is 2.15 bits per heavy atom. The molecule has 0 aromatic carbocycles. The summed E-state index contributed by atoms with van der Waals surface area (Å²) in [5.41, 5.74) is 0. The number of amides is 1. The normalized spacial score (nSPS) is 26.0. The first-order valence-electron chi connectivity index (χ1n) is 9.66. The first-order valence-corrected chi connectivity index (χ1v) is 10.4. The number of hydrogen-bond donors (Lipinski definition) is 0. The van der Waals surface area contributed by atoms with Gasteiger partial charge in [-0.05, 0) is 44.4 Å². The van der Waals surface area contributed by atoms with Crippen molar-refractivity contribution in [3.63, 3.8) is 0 Å². The lowest BCUT2D eigenvalue weighted by molar-refractivity contribution is -0.139. The van der Waals surface area contributed by atoms with Crippen molar-refractivity contribution in [2.75, 3.05) is 11.9 Å². The Kier molecular flexibility index (Phi) is 6.29. The molecule has 2 fully saturated rings. The highest BCUT2D eigenvalue weighted by molar-refractivity contribution is 6.33. The maximum absolute atomic E-state index is 12.9. The van der Waals surface area contributed by atoms with E-state index in [9.17, 15) is 4.79 Å². The number of carbonyl (C=O) groups is 1. The number of anilines is 1. The number of likely N-dealkylation sites (tertiary alicyclic amines) is 1. The van der Waals surface area contributed by atoms with Gasteiger partial charge in [-0.25, -0.2) is 9.97 Å². The summed E-state index contributed by atoms with van der Waals surface area (Å²) >= 11 is 12.1. The lowest BCUT2D eigenvalue weighted by Crippen LogP contribution is -2.56. The van der Waals surface area contributed by atoms with Gasteiger partial charge in [-0.3, -0.25) is 4.79 Å². The molecule has 1 saturated heterocycles. The topological polar surface area (TPSA) is 49.3 Å². The van der Waals surface area contributed by atoms with Crippen LogP contribution in [-0.2, 0) is 4.79 Å². The zero-order valence-electron chi connectivity index (χ0n) is 15.8. The summed E-state index contributed by atoms with van der Waals surface area (Å²) in [4.78, 5) is 25.8. The van der Waals surface area contributed by atoms with Crippen LogP contribution in [0, 0.1) is 5.92 Å². The Bertz CT molecular complexity index is 618. The smallest absolute Gasteiger partial charge is 0.228 e. The largest absolute Gasteiger partial charge is 0.341 e. The molecule has 0 N–H and O–H groups in total. The number of hydrogen-bond acceptors (Lipinski definition) is 4. The summed E-state index contributed by atoms with van der Waals surface area (Å²) in [6.45, 7) is 4.34. The van der Waals surface area contributed by atoms with Crippen LogP contribution in [0.1, 0.15) is 58.8 Å². The SMILES string of the molecule is CC[C@@H]1C[C@@H](N(C)c2nc(Cl)cc(Cl)n2)C[C@H](CC)N1C(=O)CC1CC1. The van der Waals surface area contributed by atoms with Crippen molar-refractivity contribution in [3.05, 3.63) is 16.4 Å². The van der Waals surface area contributed by atoms with Crippen LogP contribution in [0.2, 0.25) is 10.3 Å². The van der Waals surface area contributed by atoms with E-state index < -0.39 is 0 Å². The molecule has 1 saturated carbocycles. The number of aromatic nitrogens is 2. The second kappa shape index (κ2) is 8.30. The molecule has 0 spiro atoms. The van der Waals surface area contributed by atoms with Crippen LogP contribution >= 0.6 is 23.2 Å². The summed E-state index contributed by atoms with van der Waals surface area (Å²) in [7, 11) is 1.99. The minimum Gasteiger partial charge on any atom is -0.341 e. The number of halogens is 2. The van der Waals surface area contributed by atoms with Gasteiger partial charge in [0.2, 0.25) is 11.9 Å². The molecular formula is C19H28Cl2N4O. The molecule has 1 aromatic heterocycles. The van der Waals surface area contributed by atoms with Crippen molar-refractivity contribution >= 4 is 35.1 Å². The Morgan fingerprint density at radius 1 is 1.15 bits per heavy atom. The summed E-state index contributed by atoms with van der Waals surface area (Å²) in [5.74, 6) is 1.52. The molecule has 2 heterocycles. The molecule has 26 heavy (non-hydrogen) atoms. The van der Waals surface area contributed by atoms with Crippen molar-refractivity contribution in [1.82, 2.24) is 14.9 Å². The standard InChI is InChI=1S/C19H28Cl2N4O/c1-4-13-9-15(24(3)19-22-16(20)11-17(21)23-19)10-14(5-2)25(13)18(26)8-12-6-7-12/h11-15H,4-10H2,1-3H3/t13-,14+,15-.